The summed E-state index contributed by atoms with van der Waals surface area (Å²) in [7, 11) is 0. The molecule has 0 saturated heterocycles. The van der Waals surface area contributed by atoms with E-state index < -0.39 is 0 Å². The van der Waals surface area contributed by atoms with Crippen molar-refractivity contribution in [1.82, 2.24) is 5.32 Å². The second kappa shape index (κ2) is 6.26. The molecule has 0 amide bonds. The van der Waals surface area contributed by atoms with Crippen molar-refractivity contribution in [3.63, 3.8) is 0 Å². The van der Waals surface area contributed by atoms with Crippen LogP contribution in [0.5, 0.6) is 0 Å². The van der Waals surface area contributed by atoms with E-state index in [0.29, 0.717) is 6.04 Å². The van der Waals surface area contributed by atoms with Crippen molar-refractivity contribution in [2.75, 3.05) is 6.61 Å². The molecule has 0 saturated carbocycles. The van der Waals surface area contributed by atoms with Crippen molar-refractivity contribution in [3.05, 3.63) is 34.3 Å². The van der Waals surface area contributed by atoms with Gasteiger partial charge in [-0.3, -0.25) is 0 Å². The third-order valence-corrected chi connectivity index (χ3v) is 2.91. The maximum Gasteiger partial charge on any atom is 0.0582 e. The van der Waals surface area contributed by atoms with Gasteiger partial charge in [-0.1, -0.05) is 35.0 Å². The highest BCUT2D eigenvalue weighted by Crippen LogP contribution is 2.20. The predicted octanol–water partition coefficient (Wildman–Crippen LogP) is 2.87. The van der Waals surface area contributed by atoms with E-state index in [1.54, 1.807) is 0 Å². The van der Waals surface area contributed by atoms with Crippen molar-refractivity contribution >= 4 is 15.9 Å². The van der Waals surface area contributed by atoms with E-state index in [4.69, 9.17) is 5.11 Å². The van der Waals surface area contributed by atoms with E-state index in [1.165, 1.54) is 5.56 Å². The Labute approximate surface area is 99.8 Å². The number of aliphatic hydroxyl groups excluding tert-OH is 1. The fourth-order valence-corrected chi connectivity index (χ4v) is 1.99. The number of nitrogens with one attached hydrogen (secondary N) is 1. The molecule has 1 aromatic carbocycles. The topological polar surface area (TPSA) is 32.3 Å². The fourth-order valence-electron chi connectivity index (χ4n) is 1.57. The highest BCUT2D eigenvalue weighted by atomic mass is 79.9. The monoisotopic (exact) mass is 271 g/mol. The molecular formula is C12H18BrNO. The van der Waals surface area contributed by atoms with Crippen LogP contribution in [0.15, 0.2) is 28.7 Å². The average Bonchev–Trinajstić information content (AvgIpc) is 2.25. The van der Waals surface area contributed by atoms with E-state index in [9.17, 15) is 0 Å². The Balaban J connectivity index is 2.73. The summed E-state index contributed by atoms with van der Waals surface area (Å²) in [5, 5.41) is 12.4. The maximum atomic E-state index is 9.01. The molecule has 0 unspecified atom stereocenters. The fraction of sp³-hybridized carbons (Fsp3) is 0.500. The summed E-state index contributed by atoms with van der Waals surface area (Å²) < 4.78 is 1.09. The van der Waals surface area contributed by atoms with Crippen LogP contribution in [0.25, 0.3) is 0 Å². The van der Waals surface area contributed by atoms with E-state index in [0.717, 1.165) is 10.9 Å². The molecule has 0 aliphatic carbocycles. The molecule has 1 rings (SSSR count). The van der Waals surface area contributed by atoms with Crippen molar-refractivity contribution in [2.24, 2.45) is 0 Å². The van der Waals surface area contributed by atoms with Crippen molar-refractivity contribution in [3.8, 4) is 0 Å². The molecule has 0 heterocycles. The third kappa shape index (κ3) is 3.93. The normalized spacial score (nSPS) is 14.9. The lowest BCUT2D eigenvalue weighted by Gasteiger charge is -2.21. The molecule has 15 heavy (non-hydrogen) atoms. The van der Waals surface area contributed by atoms with Gasteiger partial charge in [0.15, 0.2) is 0 Å². The molecule has 0 fully saturated rings. The number of halogens is 1. The molecular weight excluding hydrogens is 254 g/mol. The van der Waals surface area contributed by atoms with Gasteiger partial charge in [0.1, 0.15) is 0 Å². The Morgan fingerprint density at radius 1 is 1.47 bits per heavy atom. The minimum Gasteiger partial charge on any atom is -0.395 e. The second-order valence-electron chi connectivity index (χ2n) is 3.77. The quantitative estimate of drug-likeness (QED) is 0.863. The summed E-state index contributed by atoms with van der Waals surface area (Å²) in [5.74, 6) is 0. The molecule has 0 aliphatic heterocycles. The van der Waals surface area contributed by atoms with Crippen LogP contribution in [0, 0.1) is 0 Å². The zero-order chi connectivity index (χ0) is 11.3. The zero-order valence-corrected chi connectivity index (χ0v) is 10.8. The standard InChI is InChI=1S/C12H18BrNO/c1-3-12(14-9(2)8-15)10-5-4-6-11(13)7-10/h4-7,9,12,14-15H,3,8H2,1-2H3/t9-,12-/m1/s1. The lowest BCUT2D eigenvalue weighted by molar-refractivity contribution is 0.239. The van der Waals surface area contributed by atoms with Gasteiger partial charge in [-0.05, 0) is 31.0 Å². The molecule has 1 aromatic rings. The highest BCUT2D eigenvalue weighted by Gasteiger charge is 2.11. The molecule has 0 bridgehead atoms. The van der Waals surface area contributed by atoms with Gasteiger partial charge in [-0.15, -0.1) is 0 Å². The first kappa shape index (κ1) is 12.7. The average molecular weight is 272 g/mol. The van der Waals surface area contributed by atoms with Crippen LogP contribution in [0.1, 0.15) is 31.9 Å². The molecule has 2 nitrogen and oxygen atoms in total. The first-order valence-electron chi connectivity index (χ1n) is 5.29. The van der Waals surface area contributed by atoms with Crippen LogP contribution in [-0.4, -0.2) is 17.8 Å². The van der Waals surface area contributed by atoms with E-state index in [-0.39, 0.29) is 12.6 Å². The molecule has 2 N–H and O–H groups in total. The van der Waals surface area contributed by atoms with Crippen LogP contribution >= 0.6 is 15.9 Å². The summed E-state index contributed by atoms with van der Waals surface area (Å²) >= 11 is 3.47. The number of aliphatic hydroxyl groups is 1. The van der Waals surface area contributed by atoms with Gasteiger partial charge in [0.05, 0.1) is 6.61 Å². The lowest BCUT2D eigenvalue weighted by Crippen LogP contribution is -2.32. The van der Waals surface area contributed by atoms with Gasteiger partial charge in [0, 0.05) is 16.6 Å². The van der Waals surface area contributed by atoms with Gasteiger partial charge in [0.25, 0.3) is 0 Å². The highest BCUT2D eigenvalue weighted by molar-refractivity contribution is 9.10. The van der Waals surface area contributed by atoms with Crippen molar-refractivity contribution in [2.45, 2.75) is 32.4 Å². The molecule has 3 heteroatoms. The van der Waals surface area contributed by atoms with Crippen LogP contribution < -0.4 is 5.32 Å². The van der Waals surface area contributed by atoms with Crippen molar-refractivity contribution in [1.29, 1.82) is 0 Å². The SMILES string of the molecule is CC[C@@H](N[C@H](C)CO)c1cccc(Br)c1. The zero-order valence-electron chi connectivity index (χ0n) is 9.20. The van der Waals surface area contributed by atoms with Crippen LogP contribution in [0.2, 0.25) is 0 Å². The van der Waals surface area contributed by atoms with Gasteiger partial charge in [0.2, 0.25) is 0 Å². The first-order valence-corrected chi connectivity index (χ1v) is 6.09. The van der Waals surface area contributed by atoms with Gasteiger partial charge >= 0.3 is 0 Å². The van der Waals surface area contributed by atoms with Crippen LogP contribution in [0.3, 0.4) is 0 Å². The lowest BCUT2D eigenvalue weighted by atomic mass is 10.0. The molecule has 84 valence electrons. The number of hydrogen-bond donors (Lipinski definition) is 2. The summed E-state index contributed by atoms with van der Waals surface area (Å²) in [6, 6.07) is 8.72. The minimum atomic E-state index is 0.133. The Bertz CT molecular complexity index is 303. The Morgan fingerprint density at radius 3 is 2.73 bits per heavy atom. The summed E-state index contributed by atoms with van der Waals surface area (Å²) in [4.78, 5) is 0. The number of rotatable bonds is 5. The minimum absolute atomic E-state index is 0.133. The summed E-state index contributed by atoms with van der Waals surface area (Å²) in [6.07, 6.45) is 1.01. The van der Waals surface area contributed by atoms with Crippen LogP contribution in [-0.2, 0) is 0 Å². The summed E-state index contributed by atoms with van der Waals surface area (Å²) in [6.45, 7) is 4.30. The van der Waals surface area contributed by atoms with E-state index >= 15 is 0 Å². The molecule has 0 radical (unpaired) electrons. The Kier molecular flexibility index (Phi) is 5.29. The molecule has 0 aromatic heterocycles. The van der Waals surface area contributed by atoms with E-state index in [2.05, 4.69) is 40.3 Å². The largest absolute Gasteiger partial charge is 0.395 e. The third-order valence-electron chi connectivity index (χ3n) is 2.42. The van der Waals surface area contributed by atoms with E-state index in [1.807, 2.05) is 19.1 Å². The second-order valence-corrected chi connectivity index (χ2v) is 4.68. The van der Waals surface area contributed by atoms with Gasteiger partial charge in [-0.2, -0.15) is 0 Å². The van der Waals surface area contributed by atoms with Gasteiger partial charge < -0.3 is 10.4 Å². The van der Waals surface area contributed by atoms with Crippen LogP contribution in [0.4, 0.5) is 0 Å². The molecule has 2 atom stereocenters. The summed E-state index contributed by atoms with van der Waals surface area (Å²) in [5.41, 5.74) is 1.26. The first-order chi connectivity index (χ1) is 7.17. The maximum absolute atomic E-state index is 9.01. The van der Waals surface area contributed by atoms with Gasteiger partial charge in [-0.25, -0.2) is 0 Å². The Morgan fingerprint density at radius 2 is 2.20 bits per heavy atom. The Hall–Kier alpha value is -0.380. The molecule has 0 spiro atoms. The number of benzene rings is 1. The predicted molar refractivity (Wildman–Crippen MR) is 66.9 cm³/mol. The smallest absolute Gasteiger partial charge is 0.0582 e. The van der Waals surface area contributed by atoms with Crippen molar-refractivity contribution < 1.29 is 5.11 Å². The molecule has 0 aliphatic rings. The number of hydrogen-bond acceptors (Lipinski definition) is 2.